The fourth-order valence-electron chi connectivity index (χ4n) is 3.75. The number of rotatable bonds is 2. The highest BCUT2D eigenvalue weighted by Gasteiger charge is 2.55. The summed E-state index contributed by atoms with van der Waals surface area (Å²) in [4.78, 5) is 14.1. The first-order valence-electron chi connectivity index (χ1n) is 7.39. The molecule has 0 aliphatic carbocycles. The Hall–Kier alpha value is -1.52. The number of fused-ring (bicyclic) bond motifs is 1. The molecule has 2 fully saturated rings. The Morgan fingerprint density at radius 1 is 1.33 bits per heavy atom. The van der Waals surface area contributed by atoms with Gasteiger partial charge in [0.15, 0.2) is 0 Å². The summed E-state index contributed by atoms with van der Waals surface area (Å²) in [6.07, 6.45) is 1.03. The number of piperidine rings is 1. The maximum atomic E-state index is 14.0. The predicted octanol–water partition coefficient (Wildman–Crippen LogP) is 3.92. The van der Waals surface area contributed by atoms with Gasteiger partial charge in [0.25, 0.3) is 5.92 Å². The molecule has 0 N–H and O–H groups in total. The SMILES string of the molecule is CCC1C(=O)N2[C@@H](CC[C@H]2c2cccc(F)c2)CC1(F)F. The molecular formula is C16H18F3NO. The van der Waals surface area contributed by atoms with Crippen LogP contribution >= 0.6 is 0 Å². The van der Waals surface area contributed by atoms with E-state index in [1.807, 2.05) is 0 Å². The average molecular weight is 297 g/mol. The second-order valence-corrected chi connectivity index (χ2v) is 5.97. The van der Waals surface area contributed by atoms with Crippen LogP contribution in [0.4, 0.5) is 13.2 Å². The monoisotopic (exact) mass is 297 g/mol. The van der Waals surface area contributed by atoms with Gasteiger partial charge >= 0.3 is 0 Å². The standard InChI is InChI=1S/C16H18F3NO/c1-2-13-15(21)20-12(9-16(13,18)19)6-7-14(20)10-4-3-5-11(17)8-10/h3-5,8,12-14H,2,6-7,9H2,1H3/t12-,13?,14-/m0/s1. The molecule has 21 heavy (non-hydrogen) atoms. The molecule has 3 atom stereocenters. The molecule has 1 aromatic carbocycles. The minimum absolute atomic E-state index is 0.130. The molecule has 1 aromatic rings. The fourth-order valence-corrected chi connectivity index (χ4v) is 3.75. The Bertz CT molecular complexity index is 560. The van der Waals surface area contributed by atoms with Crippen LogP contribution < -0.4 is 0 Å². The lowest BCUT2D eigenvalue weighted by atomic mass is 9.86. The third-order valence-corrected chi connectivity index (χ3v) is 4.71. The van der Waals surface area contributed by atoms with E-state index in [-0.39, 0.29) is 24.7 Å². The molecule has 5 heteroatoms. The third kappa shape index (κ3) is 2.32. The van der Waals surface area contributed by atoms with Crippen molar-refractivity contribution in [2.45, 2.75) is 50.6 Å². The van der Waals surface area contributed by atoms with Gasteiger partial charge in [0.05, 0.1) is 6.04 Å². The number of halogens is 3. The van der Waals surface area contributed by atoms with E-state index in [9.17, 15) is 18.0 Å². The van der Waals surface area contributed by atoms with Gasteiger partial charge in [0, 0.05) is 12.5 Å². The third-order valence-electron chi connectivity index (χ3n) is 4.71. The van der Waals surface area contributed by atoms with E-state index in [0.29, 0.717) is 18.4 Å². The Morgan fingerprint density at radius 2 is 2.10 bits per heavy atom. The van der Waals surface area contributed by atoms with Gasteiger partial charge in [-0.2, -0.15) is 0 Å². The van der Waals surface area contributed by atoms with Crippen LogP contribution in [0.1, 0.15) is 44.2 Å². The van der Waals surface area contributed by atoms with E-state index in [1.54, 1.807) is 24.0 Å². The summed E-state index contributed by atoms with van der Waals surface area (Å²) in [6, 6.07) is 5.40. The lowest BCUT2D eigenvalue weighted by Gasteiger charge is -2.42. The van der Waals surface area contributed by atoms with Crippen LogP contribution in [0.15, 0.2) is 24.3 Å². The molecule has 2 nitrogen and oxygen atoms in total. The predicted molar refractivity (Wildman–Crippen MR) is 72.4 cm³/mol. The fraction of sp³-hybridized carbons (Fsp3) is 0.562. The van der Waals surface area contributed by atoms with Gasteiger partial charge < -0.3 is 4.90 Å². The number of hydrogen-bond acceptors (Lipinski definition) is 1. The number of nitrogens with zero attached hydrogens (tertiary/aromatic N) is 1. The first-order chi connectivity index (χ1) is 9.94. The molecule has 114 valence electrons. The number of amides is 1. The van der Waals surface area contributed by atoms with Crippen molar-refractivity contribution in [2.75, 3.05) is 0 Å². The van der Waals surface area contributed by atoms with Crippen LogP contribution in [0.2, 0.25) is 0 Å². The number of hydrogen-bond donors (Lipinski definition) is 0. The summed E-state index contributed by atoms with van der Waals surface area (Å²) < 4.78 is 41.5. The first-order valence-corrected chi connectivity index (χ1v) is 7.39. The molecule has 1 amide bonds. The van der Waals surface area contributed by atoms with Crippen LogP contribution in [0, 0.1) is 11.7 Å². The van der Waals surface area contributed by atoms with Crippen LogP contribution in [-0.4, -0.2) is 22.8 Å². The van der Waals surface area contributed by atoms with Crippen LogP contribution in [0.25, 0.3) is 0 Å². The van der Waals surface area contributed by atoms with E-state index in [0.717, 1.165) is 0 Å². The van der Waals surface area contributed by atoms with Crippen molar-refractivity contribution in [3.05, 3.63) is 35.6 Å². The van der Waals surface area contributed by atoms with Gasteiger partial charge in [-0.3, -0.25) is 4.79 Å². The van der Waals surface area contributed by atoms with Gasteiger partial charge in [-0.1, -0.05) is 19.1 Å². The zero-order chi connectivity index (χ0) is 15.2. The average Bonchev–Trinajstić information content (AvgIpc) is 2.81. The molecular weight excluding hydrogens is 279 g/mol. The summed E-state index contributed by atoms with van der Waals surface area (Å²) in [5.41, 5.74) is 0.700. The maximum Gasteiger partial charge on any atom is 0.261 e. The quantitative estimate of drug-likeness (QED) is 0.810. The normalized spacial score (nSPS) is 31.3. The van der Waals surface area contributed by atoms with Crippen molar-refractivity contribution < 1.29 is 18.0 Å². The van der Waals surface area contributed by atoms with Crippen molar-refractivity contribution >= 4 is 5.91 Å². The maximum absolute atomic E-state index is 14.0. The Morgan fingerprint density at radius 3 is 2.76 bits per heavy atom. The highest BCUT2D eigenvalue weighted by Crippen LogP contribution is 2.48. The Labute approximate surface area is 121 Å². The van der Waals surface area contributed by atoms with E-state index < -0.39 is 23.8 Å². The van der Waals surface area contributed by atoms with Crippen LogP contribution in [0.5, 0.6) is 0 Å². The Balaban J connectivity index is 1.93. The summed E-state index contributed by atoms with van der Waals surface area (Å²) in [5.74, 6) is -5.02. The molecule has 0 radical (unpaired) electrons. The van der Waals surface area contributed by atoms with E-state index in [2.05, 4.69) is 0 Å². The number of benzene rings is 1. The topological polar surface area (TPSA) is 20.3 Å². The van der Waals surface area contributed by atoms with Crippen molar-refractivity contribution in [2.24, 2.45) is 5.92 Å². The van der Waals surface area contributed by atoms with E-state index >= 15 is 0 Å². The van der Waals surface area contributed by atoms with Crippen LogP contribution in [0.3, 0.4) is 0 Å². The van der Waals surface area contributed by atoms with Crippen molar-refractivity contribution in [1.82, 2.24) is 4.90 Å². The lowest BCUT2D eigenvalue weighted by Crippen LogP contribution is -2.54. The second-order valence-electron chi connectivity index (χ2n) is 5.97. The molecule has 2 heterocycles. The van der Waals surface area contributed by atoms with Crippen molar-refractivity contribution in [3.63, 3.8) is 0 Å². The zero-order valence-corrected chi connectivity index (χ0v) is 11.9. The number of alkyl halides is 2. The molecule has 2 saturated heterocycles. The molecule has 0 aromatic heterocycles. The van der Waals surface area contributed by atoms with Crippen molar-refractivity contribution in [3.8, 4) is 0 Å². The Kier molecular flexibility index (Phi) is 3.46. The lowest BCUT2D eigenvalue weighted by molar-refractivity contribution is -0.170. The summed E-state index contributed by atoms with van der Waals surface area (Å²) in [6.45, 7) is 1.62. The van der Waals surface area contributed by atoms with E-state index in [4.69, 9.17) is 0 Å². The largest absolute Gasteiger partial charge is 0.332 e. The van der Waals surface area contributed by atoms with Gasteiger partial charge in [0.2, 0.25) is 5.91 Å². The molecule has 2 aliphatic heterocycles. The minimum Gasteiger partial charge on any atom is -0.332 e. The number of carbonyl (C=O) groups excluding carboxylic acids is 1. The summed E-state index contributed by atoms with van der Waals surface area (Å²) in [7, 11) is 0. The molecule has 3 rings (SSSR count). The van der Waals surface area contributed by atoms with Crippen molar-refractivity contribution in [1.29, 1.82) is 0 Å². The van der Waals surface area contributed by atoms with Gasteiger partial charge in [-0.15, -0.1) is 0 Å². The summed E-state index contributed by atoms with van der Waals surface area (Å²) in [5, 5.41) is 0. The highest BCUT2D eigenvalue weighted by molar-refractivity contribution is 5.82. The van der Waals surface area contributed by atoms with E-state index in [1.165, 1.54) is 12.1 Å². The molecule has 0 spiro atoms. The highest BCUT2D eigenvalue weighted by atomic mass is 19.3. The molecule has 0 bridgehead atoms. The first kappa shape index (κ1) is 14.4. The van der Waals surface area contributed by atoms with Gasteiger partial charge in [0.1, 0.15) is 11.7 Å². The summed E-state index contributed by atoms with van der Waals surface area (Å²) >= 11 is 0. The van der Waals surface area contributed by atoms with Crippen LogP contribution in [-0.2, 0) is 4.79 Å². The number of carbonyl (C=O) groups is 1. The zero-order valence-electron chi connectivity index (χ0n) is 11.9. The minimum atomic E-state index is -2.93. The molecule has 0 saturated carbocycles. The smallest absolute Gasteiger partial charge is 0.261 e. The van der Waals surface area contributed by atoms with Gasteiger partial charge in [-0.05, 0) is 37.0 Å². The molecule has 2 aliphatic rings. The van der Waals surface area contributed by atoms with Gasteiger partial charge in [-0.25, -0.2) is 13.2 Å². The molecule has 1 unspecified atom stereocenters. The second kappa shape index (κ2) is 5.04.